The Bertz CT molecular complexity index is 421. The standard InChI is InChI=1S/C8H11N3O6/c12-3-4-6(13)7(14)8(17-4)10-5(11(15)16)1-2-9-10/h1-2,4,6-8,12-14H,3H2/t4-,6-,7-,8-/m0/s1. The molecule has 2 rings (SSSR count). The third-order valence-corrected chi connectivity index (χ3v) is 2.59. The molecule has 0 amide bonds. The minimum atomic E-state index is -1.38. The summed E-state index contributed by atoms with van der Waals surface area (Å²) in [6, 6.07) is 1.15. The molecular weight excluding hydrogens is 234 g/mol. The fourth-order valence-electron chi connectivity index (χ4n) is 1.73. The minimum Gasteiger partial charge on any atom is -0.394 e. The number of rotatable bonds is 3. The molecule has 0 aliphatic carbocycles. The molecule has 0 saturated carbocycles. The Hall–Kier alpha value is -1.55. The Morgan fingerprint density at radius 1 is 1.53 bits per heavy atom. The lowest BCUT2D eigenvalue weighted by Gasteiger charge is -2.11. The van der Waals surface area contributed by atoms with Gasteiger partial charge < -0.3 is 30.2 Å². The summed E-state index contributed by atoms with van der Waals surface area (Å²) in [5.41, 5.74) is 0. The van der Waals surface area contributed by atoms with Crippen LogP contribution in [0.15, 0.2) is 12.3 Å². The fourth-order valence-corrected chi connectivity index (χ4v) is 1.73. The Morgan fingerprint density at radius 3 is 2.76 bits per heavy atom. The molecule has 0 aromatic carbocycles. The van der Waals surface area contributed by atoms with E-state index in [-0.39, 0.29) is 5.82 Å². The fraction of sp³-hybridized carbons (Fsp3) is 0.625. The van der Waals surface area contributed by atoms with Crippen LogP contribution in [0.4, 0.5) is 5.82 Å². The van der Waals surface area contributed by atoms with Crippen LogP contribution in [0.3, 0.4) is 0 Å². The number of ether oxygens (including phenoxy) is 1. The summed E-state index contributed by atoms with van der Waals surface area (Å²) in [6.07, 6.45) is -3.68. The van der Waals surface area contributed by atoms with Gasteiger partial charge in [0, 0.05) is 0 Å². The van der Waals surface area contributed by atoms with E-state index in [2.05, 4.69) is 5.10 Å². The van der Waals surface area contributed by atoms with E-state index in [1.165, 1.54) is 6.20 Å². The highest BCUT2D eigenvalue weighted by molar-refractivity contribution is 5.17. The van der Waals surface area contributed by atoms with Gasteiger partial charge in [0.25, 0.3) is 6.23 Å². The molecule has 94 valence electrons. The molecule has 3 N–H and O–H groups in total. The van der Waals surface area contributed by atoms with Crippen LogP contribution in [-0.2, 0) is 4.74 Å². The second-order valence-corrected chi connectivity index (χ2v) is 3.62. The molecule has 2 heterocycles. The minimum absolute atomic E-state index is 0.361. The second-order valence-electron chi connectivity index (χ2n) is 3.62. The first kappa shape index (κ1) is 11.9. The molecule has 1 aliphatic rings. The lowest BCUT2D eigenvalue weighted by molar-refractivity contribution is -0.394. The zero-order chi connectivity index (χ0) is 12.6. The van der Waals surface area contributed by atoms with Crippen molar-refractivity contribution in [3.63, 3.8) is 0 Å². The molecule has 0 bridgehead atoms. The highest BCUT2D eigenvalue weighted by Gasteiger charge is 2.47. The normalized spacial score (nSPS) is 32.9. The molecule has 4 atom stereocenters. The van der Waals surface area contributed by atoms with Crippen molar-refractivity contribution in [3.8, 4) is 0 Å². The van der Waals surface area contributed by atoms with Crippen LogP contribution >= 0.6 is 0 Å². The molecular formula is C8H11N3O6. The van der Waals surface area contributed by atoms with Crippen molar-refractivity contribution in [2.45, 2.75) is 24.5 Å². The molecule has 1 aromatic rings. The predicted molar refractivity (Wildman–Crippen MR) is 51.9 cm³/mol. The molecule has 17 heavy (non-hydrogen) atoms. The van der Waals surface area contributed by atoms with Gasteiger partial charge in [0.15, 0.2) is 6.10 Å². The third-order valence-electron chi connectivity index (χ3n) is 2.59. The van der Waals surface area contributed by atoms with Crippen molar-refractivity contribution in [1.29, 1.82) is 0 Å². The van der Waals surface area contributed by atoms with Gasteiger partial charge in [-0.25, -0.2) is 0 Å². The maximum Gasteiger partial charge on any atom is 0.347 e. The molecule has 1 fully saturated rings. The Labute approximate surface area is 95.0 Å². The molecule has 0 unspecified atom stereocenters. The van der Waals surface area contributed by atoms with E-state index in [4.69, 9.17) is 9.84 Å². The van der Waals surface area contributed by atoms with Crippen molar-refractivity contribution >= 4 is 5.82 Å². The molecule has 0 spiro atoms. The van der Waals surface area contributed by atoms with Gasteiger partial charge in [-0.1, -0.05) is 9.78 Å². The second kappa shape index (κ2) is 4.37. The molecule has 1 aliphatic heterocycles. The van der Waals surface area contributed by atoms with E-state index >= 15 is 0 Å². The number of aliphatic hydroxyl groups is 3. The topological polar surface area (TPSA) is 131 Å². The average molecular weight is 245 g/mol. The number of nitro groups is 1. The van der Waals surface area contributed by atoms with Gasteiger partial charge >= 0.3 is 5.82 Å². The number of hydrogen-bond acceptors (Lipinski definition) is 7. The van der Waals surface area contributed by atoms with Gasteiger partial charge in [0.05, 0.1) is 18.9 Å². The van der Waals surface area contributed by atoms with Gasteiger partial charge in [-0.05, 0) is 4.92 Å². The van der Waals surface area contributed by atoms with Crippen LogP contribution < -0.4 is 0 Å². The Kier molecular flexibility index (Phi) is 3.07. The van der Waals surface area contributed by atoms with E-state index < -0.39 is 36.1 Å². The summed E-state index contributed by atoms with van der Waals surface area (Å²) in [7, 11) is 0. The van der Waals surface area contributed by atoms with Crippen molar-refractivity contribution < 1.29 is 25.0 Å². The first-order chi connectivity index (χ1) is 8.06. The van der Waals surface area contributed by atoms with Crippen molar-refractivity contribution in [2.75, 3.05) is 6.61 Å². The van der Waals surface area contributed by atoms with E-state index in [0.717, 1.165) is 10.7 Å². The highest BCUT2D eigenvalue weighted by atomic mass is 16.6. The van der Waals surface area contributed by atoms with Gasteiger partial charge in [-0.3, -0.25) is 0 Å². The molecule has 9 nitrogen and oxygen atoms in total. The molecule has 1 aromatic heterocycles. The number of aliphatic hydroxyl groups excluding tert-OH is 3. The largest absolute Gasteiger partial charge is 0.394 e. The maximum absolute atomic E-state index is 10.7. The zero-order valence-corrected chi connectivity index (χ0v) is 8.58. The van der Waals surface area contributed by atoms with E-state index in [1.54, 1.807) is 0 Å². The number of nitrogens with zero attached hydrogens (tertiary/aromatic N) is 3. The maximum atomic E-state index is 10.7. The Morgan fingerprint density at radius 2 is 2.24 bits per heavy atom. The summed E-state index contributed by atoms with van der Waals surface area (Å²) in [4.78, 5) is 10.00. The molecule has 0 radical (unpaired) electrons. The Balaban J connectivity index is 2.29. The van der Waals surface area contributed by atoms with E-state index in [1.807, 2.05) is 0 Å². The average Bonchev–Trinajstić information content (AvgIpc) is 2.86. The zero-order valence-electron chi connectivity index (χ0n) is 8.58. The monoisotopic (exact) mass is 245 g/mol. The van der Waals surface area contributed by atoms with Crippen LogP contribution in [0.2, 0.25) is 0 Å². The van der Waals surface area contributed by atoms with E-state index in [9.17, 15) is 20.3 Å². The summed E-state index contributed by atoms with van der Waals surface area (Å²) in [6.45, 7) is -0.496. The lowest BCUT2D eigenvalue weighted by atomic mass is 10.1. The summed E-state index contributed by atoms with van der Waals surface area (Å²) >= 11 is 0. The SMILES string of the molecule is O=[N+]([O-])c1ccnn1[C@H]1O[C@@H](CO)[C@H](O)[C@@H]1O. The first-order valence-corrected chi connectivity index (χ1v) is 4.86. The van der Waals surface area contributed by atoms with E-state index in [0.29, 0.717) is 0 Å². The third kappa shape index (κ3) is 1.89. The smallest absolute Gasteiger partial charge is 0.347 e. The van der Waals surface area contributed by atoms with Crippen LogP contribution in [-0.4, -0.2) is 54.9 Å². The first-order valence-electron chi connectivity index (χ1n) is 4.86. The predicted octanol–water partition coefficient (Wildman–Crippen LogP) is -1.60. The molecule has 9 heteroatoms. The van der Waals surface area contributed by atoms with Crippen LogP contribution in [0.25, 0.3) is 0 Å². The molecule has 1 saturated heterocycles. The van der Waals surface area contributed by atoms with Gasteiger partial charge in [-0.2, -0.15) is 0 Å². The van der Waals surface area contributed by atoms with Crippen LogP contribution in [0.1, 0.15) is 6.23 Å². The summed E-state index contributed by atoms with van der Waals surface area (Å²) in [5, 5.41) is 42.4. The quantitative estimate of drug-likeness (QED) is 0.431. The summed E-state index contributed by atoms with van der Waals surface area (Å²) < 4.78 is 5.98. The van der Waals surface area contributed by atoms with Crippen molar-refractivity contribution in [2.24, 2.45) is 0 Å². The van der Waals surface area contributed by atoms with Crippen molar-refractivity contribution in [3.05, 3.63) is 22.4 Å². The van der Waals surface area contributed by atoms with Crippen LogP contribution in [0.5, 0.6) is 0 Å². The number of hydrogen-bond donors (Lipinski definition) is 3. The van der Waals surface area contributed by atoms with Crippen molar-refractivity contribution in [1.82, 2.24) is 9.78 Å². The highest BCUT2D eigenvalue weighted by Crippen LogP contribution is 2.31. The summed E-state index contributed by atoms with van der Waals surface area (Å²) in [5.74, 6) is -0.361. The lowest BCUT2D eigenvalue weighted by Crippen LogP contribution is -2.33. The van der Waals surface area contributed by atoms with Gasteiger partial charge in [0.1, 0.15) is 12.2 Å². The van der Waals surface area contributed by atoms with Gasteiger partial charge in [0.2, 0.25) is 0 Å². The van der Waals surface area contributed by atoms with Gasteiger partial charge in [-0.15, -0.1) is 0 Å². The number of aromatic nitrogens is 2. The van der Waals surface area contributed by atoms with Crippen LogP contribution in [0, 0.1) is 10.1 Å².